The lowest BCUT2D eigenvalue weighted by Crippen LogP contribution is -2.61. The van der Waals surface area contributed by atoms with Gasteiger partial charge in [0.15, 0.2) is 47.7 Å². The highest BCUT2D eigenvalue weighted by molar-refractivity contribution is 6.02. The molecule has 44 N–H and O–H groups in total. The van der Waals surface area contributed by atoms with Gasteiger partial charge in [-0.25, -0.2) is 4.79 Å². The molecule has 0 aromatic carbocycles. The zero-order valence-electron chi connectivity index (χ0n) is 82.6. The van der Waals surface area contributed by atoms with Gasteiger partial charge in [-0.2, -0.15) is 0 Å². The Kier molecular flexibility index (Phi) is 49.4. The van der Waals surface area contributed by atoms with E-state index in [1.165, 1.54) is 36.3 Å². The first-order valence-electron chi connectivity index (χ1n) is 49.5. The number of rotatable bonds is 59. The summed E-state index contributed by atoms with van der Waals surface area (Å²) >= 11 is 0. The number of amides is 15. The van der Waals surface area contributed by atoms with E-state index in [0.29, 0.717) is 38.5 Å². The molecule has 57 heteroatoms. The molecule has 0 aromatic rings. The Hall–Kier alpha value is -14.4. The molecule has 6 saturated heterocycles. The summed E-state index contributed by atoms with van der Waals surface area (Å²) in [6.07, 6.45) is 3.95. The third-order valence-electron chi connectivity index (χ3n) is 26.1. The molecule has 6 rings (SSSR count). The van der Waals surface area contributed by atoms with Gasteiger partial charge in [-0.3, -0.25) is 115 Å². The molecule has 17 atom stereocenters. The highest BCUT2D eigenvalue weighted by atomic mass is 16.4. The van der Waals surface area contributed by atoms with Crippen molar-refractivity contribution in [3.8, 4) is 0 Å². The van der Waals surface area contributed by atoms with Gasteiger partial charge in [0.05, 0.1) is 6.04 Å². The van der Waals surface area contributed by atoms with Crippen LogP contribution in [0.1, 0.15) is 207 Å². The zero-order chi connectivity index (χ0) is 107. The maximum absolute atomic E-state index is 15.3. The number of aliphatic carboxylic acids is 1. The van der Waals surface area contributed by atoms with E-state index in [9.17, 15) is 62.6 Å². The summed E-state index contributed by atoms with van der Waals surface area (Å²) in [4.78, 5) is 241. The highest BCUT2D eigenvalue weighted by Crippen LogP contribution is 2.30. The number of nitrogens with zero attached hydrogens (tertiary/aromatic N) is 6. The summed E-state index contributed by atoms with van der Waals surface area (Å²) in [6, 6.07) is -20.5. The Morgan fingerprint density at radius 3 is 0.819 bits per heavy atom. The van der Waals surface area contributed by atoms with Crippen LogP contribution >= 0.6 is 0 Å². The molecule has 0 radical (unpaired) electrons. The molecule has 0 saturated carbocycles. The van der Waals surface area contributed by atoms with Crippen LogP contribution in [-0.4, -0.2) is 365 Å². The van der Waals surface area contributed by atoms with Gasteiger partial charge >= 0.3 is 5.97 Å². The van der Waals surface area contributed by atoms with E-state index in [1.54, 1.807) is 13.8 Å². The molecule has 57 nitrogen and oxygen atoms in total. The van der Waals surface area contributed by atoms with Crippen molar-refractivity contribution >= 4 is 142 Å². The molecule has 0 spiro atoms. The smallest absolute Gasteiger partial charge is 0.326 e. The van der Waals surface area contributed by atoms with E-state index in [1.807, 2.05) is 0 Å². The largest absolute Gasteiger partial charge is 0.480 e. The minimum absolute atomic E-state index is 0.00668. The van der Waals surface area contributed by atoms with Gasteiger partial charge in [0.1, 0.15) is 90.6 Å². The van der Waals surface area contributed by atoms with Crippen LogP contribution in [0.2, 0.25) is 0 Å². The predicted octanol–water partition coefficient (Wildman–Crippen LogP) is -10.1. The van der Waals surface area contributed by atoms with Crippen molar-refractivity contribution in [2.75, 3.05) is 91.6 Å². The zero-order valence-corrected chi connectivity index (χ0v) is 82.6. The normalized spacial score (nSPS) is 19.7. The molecule has 806 valence electrons. The monoisotopic (exact) mass is 2030 g/mol. The molecule has 144 heavy (non-hydrogen) atoms. The summed E-state index contributed by atoms with van der Waals surface area (Å²) in [7, 11) is 0. The van der Waals surface area contributed by atoms with Crippen molar-refractivity contribution in [3.05, 3.63) is 0 Å². The summed E-state index contributed by atoms with van der Waals surface area (Å²) in [5, 5.41) is 117. The number of likely N-dealkylation sites (tertiary alicyclic amines) is 6. The van der Waals surface area contributed by atoms with Gasteiger partial charge in [0.25, 0.3) is 0 Å². The van der Waals surface area contributed by atoms with Crippen LogP contribution < -0.4 is 142 Å². The van der Waals surface area contributed by atoms with Gasteiger partial charge < -0.3 is 176 Å². The van der Waals surface area contributed by atoms with Crippen molar-refractivity contribution in [2.45, 2.75) is 304 Å². The van der Waals surface area contributed by atoms with Crippen molar-refractivity contribution in [3.63, 3.8) is 0 Å². The molecular weight excluding hydrogens is 1880 g/mol. The van der Waals surface area contributed by atoms with Crippen LogP contribution in [0.5, 0.6) is 0 Å². The third kappa shape index (κ3) is 38.2. The number of hydrogen-bond acceptors (Lipinski definition) is 25. The third-order valence-corrected chi connectivity index (χ3v) is 26.1. The van der Waals surface area contributed by atoms with Crippen LogP contribution in [-0.2, 0) is 76.7 Å². The van der Waals surface area contributed by atoms with Gasteiger partial charge in [-0.15, -0.1) is 0 Å². The number of carboxylic acids is 1. The predicted molar refractivity (Wildman–Crippen MR) is 530 cm³/mol. The fraction of sp³-hybridized carbons (Fsp3) is 0.724. The molecule has 0 aromatic heterocycles. The number of nitrogens with two attached hydrogens (primary N) is 9. The van der Waals surface area contributed by atoms with Gasteiger partial charge in [0.2, 0.25) is 88.6 Å². The molecule has 6 heterocycles. The number of guanidine groups is 8. The van der Waals surface area contributed by atoms with Crippen molar-refractivity contribution in [1.29, 1.82) is 43.3 Å². The van der Waals surface area contributed by atoms with E-state index >= 15 is 19.2 Å². The topological polar surface area (TPSA) is 942 Å². The van der Waals surface area contributed by atoms with E-state index in [2.05, 4.69) is 90.4 Å². The molecule has 6 fully saturated rings. The number of nitrogens with one attached hydrogen (secondary N) is 25. The van der Waals surface area contributed by atoms with Gasteiger partial charge in [-0.05, 0) is 193 Å². The van der Waals surface area contributed by atoms with Crippen LogP contribution in [0.3, 0.4) is 0 Å². The van der Waals surface area contributed by atoms with Crippen LogP contribution in [0.15, 0.2) is 0 Å². The first-order chi connectivity index (χ1) is 68.3. The Bertz CT molecular complexity index is 4510. The fourth-order valence-electron chi connectivity index (χ4n) is 18.5. The maximum Gasteiger partial charge on any atom is 0.326 e. The molecule has 6 aliphatic heterocycles. The standard InChI is InChI=1S/C87H156N40O17/c1-4-47(2)63(121-66(130)51(21-7-35-107-82(93)94)114-64(128)49(88)19-5-33-105-80(89)90)72(136)119-55(25-11-39-111-86(101)102)76(140)124-43-15-29-59(124)70(134)118-54(24-10-38-110-85(99)100)77(141)127-46-18-32-62(127)78(142)126-45-17-31-61(126)67(131)115-50(20-6-34-106-81(91)92)65(129)113-48(3)73(137)122-41-13-27-57(122)68(132)116-52(22-8-36-108-83(95)96)74(138)123-42-14-28-58(123)69(133)117-53(23-9-37-109-84(97)98)75(139)125-44-16-30-60(125)71(135)120-56(79(143)144)26-12-40-112-87(103)104/h47-63H,4-46,88H2,1-3H3,(H,113,129)(H,114,128)(H,115,131)(H,116,132)(H,117,133)(H,118,134)(H,119,136)(H,120,135)(H,121,130)(H,143,144)(H4,89,90,105)(H4,91,92,106)(H4,93,94,107)(H4,95,96,108)(H4,97,98,109)(H4,99,100,110)(H4,101,102,111)(H4,103,104,112)/t47-,48-,49-,50-,51-,52-,53-,54-,55-,56-,57-,58-,59-,60-,61-,62-,63-/m0/s1. The number of carboxylic acid groups (broad SMARTS) is 1. The van der Waals surface area contributed by atoms with Crippen molar-refractivity contribution in [2.24, 2.45) is 57.5 Å². The summed E-state index contributed by atoms with van der Waals surface area (Å²) in [6.45, 7) is 5.87. The maximum atomic E-state index is 15.3. The van der Waals surface area contributed by atoms with E-state index < -0.39 is 203 Å². The average molecular weight is 2030 g/mol. The molecule has 0 aliphatic carbocycles. The van der Waals surface area contributed by atoms with E-state index in [4.69, 9.17) is 94.9 Å². The van der Waals surface area contributed by atoms with E-state index in [-0.39, 0.29) is 281 Å². The summed E-state index contributed by atoms with van der Waals surface area (Å²) in [5.41, 5.74) is 50.5. The lowest BCUT2D eigenvalue weighted by molar-refractivity contribution is -0.148. The van der Waals surface area contributed by atoms with Crippen LogP contribution in [0.4, 0.5) is 0 Å². The van der Waals surface area contributed by atoms with Gasteiger partial charge in [-0.1, -0.05) is 20.3 Å². The molecule has 6 aliphatic rings. The lowest BCUT2D eigenvalue weighted by atomic mass is 9.96. The minimum Gasteiger partial charge on any atom is -0.480 e. The number of hydrogen-bond donors (Lipinski definition) is 35. The molecule has 0 bridgehead atoms. The Morgan fingerprint density at radius 1 is 0.285 bits per heavy atom. The Morgan fingerprint density at radius 2 is 0.514 bits per heavy atom. The van der Waals surface area contributed by atoms with E-state index in [0.717, 1.165) is 0 Å². The van der Waals surface area contributed by atoms with Crippen LogP contribution in [0.25, 0.3) is 0 Å². The summed E-state index contributed by atoms with van der Waals surface area (Å²) in [5.74, 6) is -15.8. The average Bonchev–Trinajstić information content (AvgIpc) is 1.63. The van der Waals surface area contributed by atoms with Crippen molar-refractivity contribution in [1.82, 2.24) is 120 Å². The second-order valence-electron chi connectivity index (χ2n) is 37.0. The molecule has 15 amide bonds. The quantitative estimate of drug-likeness (QED) is 0.0153. The minimum atomic E-state index is -1.42. The number of carbonyl (C=O) groups excluding carboxylic acids is 15. The van der Waals surface area contributed by atoms with Crippen LogP contribution in [0, 0.1) is 49.2 Å². The molecule has 0 unspecified atom stereocenters. The lowest BCUT2D eigenvalue weighted by Gasteiger charge is -2.34. The Balaban J connectivity index is 1.16. The Labute approximate surface area is 836 Å². The fourth-order valence-corrected chi connectivity index (χ4v) is 18.5. The van der Waals surface area contributed by atoms with Crippen molar-refractivity contribution < 1.29 is 81.8 Å². The summed E-state index contributed by atoms with van der Waals surface area (Å²) < 4.78 is 0. The second-order valence-corrected chi connectivity index (χ2v) is 37.0. The number of carbonyl (C=O) groups is 16. The molecular formula is C87H156N40O17. The first-order valence-corrected chi connectivity index (χ1v) is 49.5. The van der Waals surface area contributed by atoms with Gasteiger partial charge in [0, 0.05) is 91.6 Å². The second kappa shape index (κ2) is 60.2. The SMILES string of the molecule is CC[C@H](C)[C@H](NC(=O)[C@H](CCCNC(=N)N)NC(=O)[C@@H](N)CCCNC(=N)N)C(=O)N[C@@H](CCCNC(=N)N)C(=O)N1CCC[C@H]1C(=O)N[C@@H](CCCNC(=N)N)C(=O)N1CCC[C@H]1C(=O)N1CCC[C@H]1C(=O)N[C@@H](CCCNC(=N)N)C(=O)N[C@@H](C)C(=O)N1CCC[C@H]1C(=O)N[C@@H](CCCNC(=N)N)C(=O)N1CCC[C@H]1C(=O)N[C@@H](CCCNC(=N)N)C(=O)N1CCC[C@H]1C(=O)N[C@@H](CCCNC(=N)N)C(=O)O. The highest BCUT2D eigenvalue weighted by Gasteiger charge is 2.49. The first kappa shape index (κ1) is 118.